The zero-order valence-electron chi connectivity index (χ0n) is 9.94. The van der Waals surface area contributed by atoms with Crippen molar-refractivity contribution in [3.05, 3.63) is 50.8 Å². The van der Waals surface area contributed by atoms with Crippen molar-refractivity contribution in [2.24, 2.45) is 0 Å². The Morgan fingerprint density at radius 3 is 2.68 bits per heavy atom. The van der Waals surface area contributed by atoms with Gasteiger partial charge in [-0.15, -0.1) is 11.3 Å². The van der Waals surface area contributed by atoms with E-state index >= 15 is 0 Å². The summed E-state index contributed by atoms with van der Waals surface area (Å²) in [5, 5.41) is 13.6. The van der Waals surface area contributed by atoms with Crippen molar-refractivity contribution in [1.29, 1.82) is 0 Å². The number of nitrogens with one attached hydrogen (secondary N) is 1. The summed E-state index contributed by atoms with van der Waals surface area (Å²) in [6.07, 6.45) is 0. The Morgan fingerprint density at radius 2 is 2.00 bits per heavy atom. The minimum absolute atomic E-state index is 0.103. The van der Waals surface area contributed by atoms with Crippen LogP contribution in [0.3, 0.4) is 0 Å². The highest BCUT2D eigenvalue weighted by atomic mass is 79.9. The predicted octanol–water partition coefficient (Wildman–Crippen LogP) is 3.77. The molecule has 1 aromatic heterocycles. The Morgan fingerprint density at radius 1 is 1.26 bits per heavy atom. The van der Waals surface area contributed by atoms with Crippen molar-refractivity contribution >= 4 is 44.1 Å². The van der Waals surface area contributed by atoms with E-state index in [4.69, 9.17) is 5.11 Å². The Labute approximate surface area is 122 Å². The van der Waals surface area contributed by atoms with E-state index in [0.717, 1.165) is 10.0 Å². The number of aryl methyl sites for hydroxylation is 1. The Balaban J connectivity index is 2.28. The van der Waals surface area contributed by atoms with E-state index in [2.05, 4.69) is 21.2 Å². The molecule has 2 rings (SSSR count). The maximum absolute atomic E-state index is 12.1. The topological polar surface area (TPSA) is 66.4 Å². The highest BCUT2D eigenvalue weighted by Gasteiger charge is 2.16. The number of carboxylic acid groups (broad SMARTS) is 1. The first-order chi connectivity index (χ1) is 8.99. The summed E-state index contributed by atoms with van der Waals surface area (Å²) < 4.78 is 0.799. The Hall–Kier alpha value is -1.66. The van der Waals surface area contributed by atoms with Gasteiger partial charge >= 0.3 is 5.97 Å². The van der Waals surface area contributed by atoms with Gasteiger partial charge in [0.15, 0.2) is 0 Å². The van der Waals surface area contributed by atoms with E-state index in [1.165, 1.54) is 17.4 Å². The van der Waals surface area contributed by atoms with Crippen LogP contribution in [-0.4, -0.2) is 17.0 Å². The summed E-state index contributed by atoms with van der Waals surface area (Å²) >= 11 is 4.50. The molecule has 1 amide bonds. The fourth-order valence-corrected chi connectivity index (χ4v) is 2.72. The van der Waals surface area contributed by atoms with Crippen LogP contribution in [0.5, 0.6) is 0 Å². The molecule has 0 saturated heterocycles. The quantitative estimate of drug-likeness (QED) is 0.894. The highest BCUT2D eigenvalue weighted by molar-refractivity contribution is 9.10. The number of hydrogen-bond donors (Lipinski definition) is 2. The predicted molar refractivity (Wildman–Crippen MR) is 78.1 cm³/mol. The minimum Gasteiger partial charge on any atom is -0.478 e. The summed E-state index contributed by atoms with van der Waals surface area (Å²) in [5.41, 5.74) is 1.44. The standard InChI is InChI=1S/C13H10BrNO3S/c1-7-2-3-8(14)6-10(7)11(16)15-12-9(13(17)18)4-5-19-12/h2-6H,1H3,(H,15,16)(H,17,18). The van der Waals surface area contributed by atoms with Gasteiger partial charge in [-0.25, -0.2) is 4.79 Å². The van der Waals surface area contributed by atoms with Crippen LogP contribution in [0, 0.1) is 6.92 Å². The molecule has 0 radical (unpaired) electrons. The molecule has 0 saturated carbocycles. The number of carboxylic acids is 1. The van der Waals surface area contributed by atoms with Gasteiger partial charge in [0.25, 0.3) is 5.91 Å². The van der Waals surface area contributed by atoms with Gasteiger partial charge in [0.1, 0.15) is 5.00 Å². The fraction of sp³-hybridized carbons (Fsp3) is 0.0769. The minimum atomic E-state index is -1.05. The second-order valence-electron chi connectivity index (χ2n) is 3.88. The van der Waals surface area contributed by atoms with E-state index in [0.29, 0.717) is 10.6 Å². The van der Waals surface area contributed by atoms with E-state index in [-0.39, 0.29) is 11.5 Å². The molecule has 0 spiro atoms. The van der Waals surface area contributed by atoms with Gasteiger partial charge < -0.3 is 10.4 Å². The summed E-state index contributed by atoms with van der Waals surface area (Å²) in [6, 6.07) is 6.85. The molecule has 1 heterocycles. The van der Waals surface area contributed by atoms with Crippen molar-refractivity contribution < 1.29 is 14.7 Å². The first kappa shape index (κ1) is 13.8. The zero-order valence-corrected chi connectivity index (χ0v) is 12.3. The Bertz CT molecular complexity index is 651. The normalized spacial score (nSPS) is 10.2. The molecule has 98 valence electrons. The monoisotopic (exact) mass is 339 g/mol. The van der Waals surface area contributed by atoms with Crippen LogP contribution in [0.15, 0.2) is 34.1 Å². The van der Waals surface area contributed by atoms with Crippen LogP contribution in [0.25, 0.3) is 0 Å². The SMILES string of the molecule is Cc1ccc(Br)cc1C(=O)Nc1sccc1C(=O)O. The molecular formula is C13H10BrNO3S. The zero-order chi connectivity index (χ0) is 14.0. The maximum Gasteiger partial charge on any atom is 0.338 e. The first-order valence-electron chi connectivity index (χ1n) is 5.37. The third-order valence-corrected chi connectivity index (χ3v) is 3.89. The number of amides is 1. The van der Waals surface area contributed by atoms with Crippen LogP contribution in [0.1, 0.15) is 26.3 Å². The summed E-state index contributed by atoms with van der Waals surface area (Å²) in [4.78, 5) is 23.1. The van der Waals surface area contributed by atoms with Gasteiger partial charge in [0.05, 0.1) is 5.56 Å². The molecule has 0 fully saturated rings. The van der Waals surface area contributed by atoms with Crippen molar-refractivity contribution in [2.75, 3.05) is 5.32 Å². The van der Waals surface area contributed by atoms with Crippen molar-refractivity contribution in [2.45, 2.75) is 6.92 Å². The van der Waals surface area contributed by atoms with E-state index < -0.39 is 5.97 Å². The van der Waals surface area contributed by atoms with Crippen molar-refractivity contribution in [3.63, 3.8) is 0 Å². The number of aromatic carboxylic acids is 1. The fourth-order valence-electron chi connectivity index (χ4n) is 1.58. The molecule has 4 nitrogen and oxygen atoms in total. The highest BCUT2D eigenvalue weighted by Crippen LogP contribution is 2.25. The van der Waals surface area contributed by atoms with E-state index in [1.54, 1.807) is 11.4 Å². The molecule has 1 aromatic carbocycles. The van der Waals surface area contributed by atoms with Crippen LogP contribution in [0.4, 0.5) is 5.00 Å². The van der Waals surface area contributed by atoms with Gasteiger partial charge in [-0.05, 0) is 36.1 Å². The van der Waals surface area contributed by atoms with Gasteiger partial charge in [-0.1, -0.05) is 22.0 Å². The first-order valence-corrected chi connectivity index (χ1v) is 7.04. The van der Waals surface area contributed by atoms with Crippen LogP contribution in [0.2, 0.25) is 0 Å². The van der Waals surface area contributed by atoms with Gasteiger partial charge in [-0.2, -0.15) is 0 Å². The number of thiophene rings is 1. The number of carbonyl (C=O) groups is 2. The van der Waals surface area contributed by atoms with E-state index in [9.17, 15) is 9.59 Å². The van der Waals surface area contributed by atoms with Crippen molar-refractivity contribution in [3.8, 4) is 0 Å². The second kappa shape index (κ2) is 5.54. The molecule has 0 unspecified atom stereocenters. The lowest BCUT2D eigenvalue weighted by Gasteiger charge is -2.07. The number of benzene rings is 1. The lowest BCUT2D eigenvalue weighted by molar-refractivity contribution is 0.0698. The molecule has 0 atom stereocenters. The second-order valence-corrected chi connectivity index (χ2v) is 5.71. The average molecular weight is 340 g/mol. The van der Waals surface area contributed by atoms with E-state index in [1.807, 2.05) is 19.1 Å². The summed E-state index contributed by atoms with van der Waals surface area (Å²) in [7, 11) is 0. The molecule has 2 N–H and O–H groups in total. The third kappa shape index (κ3) is 3.02. The number of rotatable bonds is 3. The molecule has 6 heteroatoms. The maximum atomic E-state index is 12.1. The number of hydrogen-bond acceptors (Lipinski definition) is 3. The van der Waals surface area contributed by atoms with Crippen LogP contribution >= 0.6 is 27.3 Å². The molecule has 0 aliphatic heterocycles. The van der Waals surface area contributed by atoms with Crippen LogP contribution < -0.4 is 5.32 Å². The summed E-state index contributed by atoms with van der Waals surface area (Å²) in [5.74, 6) is -1.37. The molecular weight excluding hydrogens is 330 g/mol. The summed E-state index contributed by atoms with van der Waals surface area (Å²) in [6.45, 7) is 1.83. The number of anilines is 1. The lowest BCUT2D eigenvalue weighted by atomic mass is 10.1. The van der Waals surface area contributed by atoms with Crippen LogP contribution in [-0.2, 0) is 0 Å². The van der Waals surface area contributed by atoms with Gasteiger partial charge in [0, 0.05) is 10.0 Å². The average Bonchev–Trinajstić information content (AvgIpc) is 2.80. The molecule has 0 aliphatic rings. The molecule has 0 aliphatic carbocycles. The van der Waals surface area contributed by atoms with Gasteiger partial charge in [0.2, 0.25) is 0 Å². The van der Waals surface area contributed by atoms with Gasteiger partial charge in [-0.3, -0.25) is 4.79 Å². The number of carbonyl (C=O) groups excluding carboxylic acids is 1. The largest absolute Gasteiger partial charge is 0.478 e. The molecule has 0 bridgehead atoms. The Kier molecular flexibility index (Phi) is 4.01. The smallest absolute Gasteiger partial charge is 0.338 e. The number of halogens is 1. The lowest BCUT2D eigenvalue weighted by Crippen LogP contribution is -2.14. The third-order valence-electron chi connectivity index (χ3n) is 2.57. The molecule has 19 heavy (non-hydrogen) atoms. The van der Waals surface area contributed by atoms with Crippen molar-refractivity contribution in [1.82, 2.24) is 0 Å². The molecule has 2 aromatic rings.